The van der Waals surface area contributed by atoms with E-state index in [1.165, 1.54) is 12.1 Å². The zero-order valence-electron chi connectivity index (χ0n) is 11.9. The molecule has 1 aromatic rings. The summed E-state index contributed by atoms with van der Waals surface area (Å²) >= 11 is 0. The third-order valence-corrected chi connectivity index (χ3v) is 3.56. The minimum absolute atomic E-state index is 0.117. The lowest BCUT2D eigenvalue weighted by Crippen LogP contribution is -2.45. The number of carbonyl (C=O) groups excluding carboxylic acids is 1. The predicted molar refractivity (Wildman–Crippen MR) is 75.3 cm³/mol. The number of hydrogen-bond acceptors (Lipinski definition) is 2. The summed E-state index contributed by atoms with van der Waals surface area (Å²) in [6.07, 6.45) is 1.57. The first-order valence-corrected chi connectivity index (χ1v) is 6.74. The number of hydrogen-bond donors (Lipinski definition) is 2. The Hall–Kier alpha value is -1.42. The van der Waals surface area contributed by atoms with E-state index in [0.717, 1.165) is 17.5 Å². The van der Waals surface area contributed by atoms with Crippen LogP contribution in [0, 0.1) is 18.7 Å². The van der Waals surface area contributed by atoms with E-state index in [9.17, 15) is 9.18 Å². The van der Waals surface area contributed by atoms with Gasteiger partial charge in [0.1, 0.15) is 5.82 Å². The summed E-state index contributed by atoms with van der Waals surface area (Å²) < 4.78 is 12.9. The summed E-state index contributed by atoms with van der Waals surface area (Å²) in [6.45, 7) is 6.37. The average Bonchev–Trinajstić information content (AvgIpc) is 2.39. The average molecular weight is 266 g/mol. The van der Waals surface area contributed by atoms with E-state index < -0.39 is 6.04 Å². The number of nitrogens with two attached hydrogens (primary N) is 1. The first kappa shape index (κ1) is 15.6. The topological polar surface area (TPSA) is 55.1 Å². The normalized spacial score (nSPS) is 13.9. The van der Waals surface area contributed by atoms with Crippen molar-refractivity contribution in [2.75, 3.05) is 6.54 Å². The number of rotatable bonds is 6. The Bertz CT molecular complexity index is 434. The lowest BCUT2D eigenvalue weighted by molar-refractivity contribution is -0.123. The first-order valence-electron chi connectivity index (χ1n) is 6.74. The van der Waals surface area contributed by atoms with Crippen LogP contribution in [0.1, 0.15) is 31.4 Å². The van der Waals surface area contributed by atoms with Gasteiger partial charge in [-0.25, -0.2) is 4.39 Å². The minimum atomic E-state index is -0.459. The molecule has 0 aliphatic heterocycles. The predicted octanol–water partition coefficient (Wildman–Crippen LogP) is 2.17. The molecule has 0 heterocycles. The van der Waals surface area contributed by atoms with Gasteiger partial charge in [0.15, 0.2) is 0 Å². The van der Waals surface area contributed by atoms with Crippen LogP contribution in [-0.4, -0.2) is 18.5 Å². The highest BCUT2D eigenvalue weighted by Gasteiger charge is 2.18. The fourth-order valence-corrected chi connectivity index (χ4v) is 1.89. The molecule has 1 amide bonds. The largest absolute Gasteiger partial charge is 0.354 e. The second-order valence-corrected chi connectivity index (χ2v) is 5.02. The van der Waals surface area contributed by atoms with Crippen molar-refractivity contribution >= 4 is 5.91 Å². The molecule has 2 atom stereocenters. The Morgan fingerprint density at radius 2 is 2.16 bits per heavy atom. The van der Waals surface area contributed by atoms with Gasteiger partial charge in [-0.3, -0.25) is 4.79 Å². The summed E-state index contributed by atoms with van der Waals surface area (Å²) in [5.41, 5.74) is 7.78. The van der Waals surface area contributed by atoms with E-state index >= 15 is 0 Å². The maximum atomic E-state index is 12.9. The summed E-state index contributed by atoms with van der Waals surface area (Å²) in [5, 5.41) is 2.83. The monoisotopic (exact) mass is 266 g/mol. The summed E-state index contributed by atoms with van der Waals surface area (Å²) in [7, 11) is 0. The van der Waals surface area contributed by atoms with Crippen molar-refractivity contribution in [1.29, 1.82) is 0 Å². The van der Waals surface area contributed by atoms with Gasteiger partial charge in [0, 0.05) is 6.54 Å². The van der Waals surface area contributed by atoms with E-state index in [1.54, 1.807) is 6.07 Å². The van der Waals surface area contributed by atoms with Crippen molar-refractivity contribution in [3.8, 4) is 0 Å². The van der Waals surface area contributed by atoms with Gasteiger partial charge in [-0.05, 0) is 42.5 Å². The Morgan fingerprint density at radius 1 is 1.47 bits per heavy atom. The molecule has 0 bridgehead atoms. The summed E-state index contributed by atoms with van der Waals surface area (Å²) in [4.78, 5) is 11.8. The number of benzene rings is 1. The van der Waals surface area contributed by atoms with Crippen molar-refractivity contribution in [3.63, 3.8) is 0 Å². The van der Waals surface area contributed by atoms with Crippen LogP contribution in [0.4, 0.5) is 4.39 Å². The molecule has 19 heavy (non-hydrogen) atoms. The van der Waals surface area contributed by atoms with E-state index in [-0.39, 0.29) is 17.6 Å². The third-order valence-electron chi connectivity index (χ3n) is 3.56. The molecule has 0 spiro atoms. The molecule has 3 N–H and O–H groups in total. The summed E-state index contributed by atoms with van der Waals surface area (Å²) in [6, 6.07) is 4.24. The molecule has 0 radical (unpaired) electrons. The fraction of sp³-hybridized carbons (Fsp3) is 0.533. The fourth-order valence-electron chi connectivity index (χ4n) is 1.89. The van der Waals surface area contributed by atoms with Crippen molar-refractivity contribution in [2.45, 2.75) is 39.7 Å². The van der Waals surface area contributed by atoms with Gasteiger partial charge in [-0.1, -0.05) is 26.3 Å². The number of halogens is 1. The van der Waals surface area contributed by atoms with Crippen LogP contribution in [0.5, 0.6) is 0 Å². The van der Waals surface area contributed by atoms with Gasteiger partial charge in [0.05, 0.1) is 6.04 Å². The molecule has 0 aliphatic rings. The Morgan fingerprint density at radius 3 is 2.74 bits per heavy atom. The van der Waals surface area contributed by atoms with Gasteiger partial charge < -0.3 is 11.1 Å². The molecule has 0 fully saturated rings. The minimum Gasteiger partial charge on any atom is -0.354 e. The number of nitrogens with one attached hydrogen (secondary N) is 1. The van der Waals surface area contributed by atoms with Gasteiger partial charge in [-0.2, -0.15) is 0 Å². The van der Waals surface area contributed by atoms with Crippen molar-refractivity contribution < 1.29 is 9.18 Å². The van der Waals surface area contributed by atoms with Gasteiger partial charge >= 0.3 is 0 Å². The van der Waals surface area contributed by atoms with E-state index in [1.807, 2.05) is 20.8 Å². The van der Waals surface area contributed by atoms with E-state index in [4.69, 9.17) is 5.73 Å². The Labute approximate surface area is 114 Å². The molecule has 3 nitrogen and oxygen atoms in total. The SMILES string of the molecule is CC[C@H](C)[C@H](N)C(=O)NCCc1ccc(F)cc1C. The highest BCUT2D eigenvalue weighted by molar-refractivity contribution is 5.81. The van der Waals surface area contributed by atoms with Crippen LogP contribution in [0.2, 0.25) is 0 Å². The molecular formula is C15H23FN2O. The first-order chi connectivity index (χ1) is 8.95. The second-order valence-electron chi connectivity index (χ2n) is 5.02. The zero-order chi connectivity index (χ0) is 14.4. The van der Waals surface area contributed by atoms with Crippen LogP contribution in [-0.2, 0) is 11.2 Å². The summed E-state index contributed by atoms with van der Waals surface area (Å²) in [5.74, 6) is -0.175. The van der Waals surface area contributed by atoms with Gasteiger partial charge in [0.25, 0.3) is 0 Å². The van der Waals surface area contributed by atoms with Crippen molar-refractivity contribution in [1.82, 2.24) is 5.32 Å². The molecule has 1 aromatic carbocycles. The van der Waals surface area contributed by atoms with Crippen molar-refractivity contribution in [3.05, 3.63) is 35.1 Å². The smallest absolute Gasteiger partial charge is 0.237 e. The molecule has 0 unspecified atom stereocenters. The van der Waals surface area contributed by atoms with Crippen molar-refractivity contribution in [2.24, 2.45) is 11.7 Å². The maximum Gasteiger partial charge on any atom is 0.237 e. The number of aryl methyl sites for hydroxylation is 1. The highest BCUT2D eigenvalue weighted by Crippen LogP contribution is 2.10. The van der Waals surface area contributed by atoms with Gasteiger partial charge in [-0.15, -0.1) is 0 Å². The molecule has 0 aliphatic carbocycles. The van der Waals surface area contributed by atoms with E-state index in [2.05, 4.69) is 5.32 Å². The van der Waals surface area contributed by atoms with Crippen LogP contribution in [0.25, 0.3) is 0 Å². The van der Waals surface area contributed by atoms with Gasteiger partial charge in [0.2, 0.25) is 5.91 Å². The standard InChI is InChI=1S/C15H23FN2O/c1-4-10(2)14(17)15(19)18-8-7-12-5-6-13(16)9-11(12)3/h5-6,9-10,14H,4,7-8,17H2,1-3H3,(H,18,19)/t10-,14-/m0/s1. The molecule has 4 heteroatoms. The third kappa shape index (κ3) is 4.63. The van der Waals surface area contributed by atoms with E-state index in [0.29, 0.717) is 13.0 Å². The molecule has 1 rings (SSSR count). The Balaban J connectivity index is 2.44. The lowest BCUT2D eigenvalue weighted by atomic mass is 9.99. The molecule has 106 valence electrons. The van der Waals surface area contributed by atoms with Crippen LogP contribution < -0.4 is 11.1 Å². The molecule has 0 saturated carbocycles. The van der Waals surface area contributed by atoms with Crippen LogP contribution in [0.3, 0.4) is 0 Å². The number of amides is 1. The van der Waals surface area contributed by atoms with Crippen LogP contribution >= 0.6 is 0 Å². The molecule has 0 aromatic heterocycles. The lowest BCUT2D eigenvalue weighted by Gasteiger charge is -2.17. The van der Waals surface area contributed by atoms with Crippen LogP contribution in [0.15, 0.2) is 18.2 Å². The Kier molecular flexibility index (Phi) is 5.96. The zero-order valence-corrected chi connectivity index (χ0v) is 11.9. The highest BCUT2D eigenvalue weighted by atomic mass is 19.1. The molecular weight excluding hydrogens is 243 g/mol. The quantitative estimate of drug-likeness (QED) is 0.829. The number of carbonyl (C=O) groups is 1. The maximum absolute atomic E-state index is 12.9. The molecule has 0 saturated heterocycles. The second kappa shape index (κ2) is 7.24.